The van der Waals surface area contributed by atoms with Gasteiger partial charge in [-0.25, -0.2) is 0 Å². The van der Waals surface area contributed by atoms with E-state index in [9.17, 15) is 4.79 Å². The number of aromatic nitrogens is 2. The molecule has 27 heavy (non-hydrogen) atoms. The van der Waals surface area contributed by atoms with E-state index in [2.05, 4.69) is 52.6 Å². The summed E-state index contributed by atoms with van der Waals surface area (Å²) in [6.45, 7) is 2.75. The molecule has 5 atom stereocenters. The molecule has 2 bridgehead atoms. The van der Waals surface area contributed by atoms with E-state index in [1.54, 1.807) is 10.9 Å². The number of fused-ring (bicyclic) bond motifs is 1. The monoisotopic (exact) mass is 364 g/mol. The van der Waals surface area contributed by atoms with E-state index < -0.39 is 0 Å². The summed E-state index contributed by atoms with van der Waals surface area (Å²) in [5.74, 6) is 0.222. The van der Waals surface area contributed by atoms with E-state index >= 15 is 0 Å². The third-order valence-electron chi connectivity index (χ3n) is 7.19. The molecule has 2 saturated heterocycles. The summed E-state index contributed by atoms with van der Waals surface area (Å²) < 4.78 is 1.76. The third kappa shape index (κ3) is 2.80. The number of carbonyl (C=O) groups is 1. The standard InChI is InChI=1S/C22H28N4O/c1-22-14-18-17(13-16-7-3-2-4-8-16)24-19(22)9-5-10-20(22)26(18)21(27)15-25-12-6-11-23-25/h2-4,6-8,11-12,17-20,24H,5,9-10,13-15H2,1H3/t17-,18+,19-,20+,22-/m1/s1. The zero-order valence-electron chi connectivity index (χ0n) is 15.9. The number of carbonyl (C=O) groups excluding carboxylic acids is 1. The van der Waals surface area contributed by atoms with Crippen LogP contribution < -0.4 is 5.32 Å². The van der Waals surface area contributed by atoms with Crippen LogP contribution in [-0.4, -0.2) is 44.8 Å². The Labute approximate surface area is 160 Å². The SMILES string of the molecule is C[C@@]12C[C@H]3[C@@H](Cc4ccccc4)N[C@@H]1CCC[C@@H]2N3C(=O)Cn1cccn1. The average molecular weight is 364 g/mol. The van der Waals surface area contributed by atoms with Crippen LogP contribution in [0.3, 0.4) is 0 Å². The number of rotatable bonds is 4. The molecule has 2 aromatic rings. The van der Waals surface area contributed by atoms with Gasteiger partial charge in [-0.15, -0.1) is 0 Å². The zero-order valence-corrected chi connectivity index (χ0v) is 15.9. The van der Waals surface area contributed by atoms with Crippen molar-refractivity contribution >= 4 is 5.91 Å². The molecule has 5 nitrogen and oxygen atoms in total. The number of nitrogens with zero attached hydrogens (tertiary/aromatic N) is 3. The summed E-state index contributed by atoms with van der Waals surface area (Å²) >= 11 is 0. The van der Waals surface area contributed by atoms with Gasteiger partial charge in [-0.05, 0) is 43.7 Å². The predicted octanol–water partition coefficient (Wildman–Crippen LogP) is 2.63. The molecular weight excluding hydrogens is 336 g/mol. The molecule has 3 fully saturated rings. The number of hydrogen-bond acceptors (Lipinski definition) is 3. The first-order chi connectivity index (χ1) is 13.1. The van der Waals surface area contributed by atoms with Crippen molar-refractivity contribution in [2.24, 2.45) is 5.41 Å². The average Bonchev–Trinajstić information content (AvgIpc) is 3.27. The maximum absolute atomic E-state index is 13.3. The second-order valence-corrected chi connectivity index (χ2v) is 8.74. The number of hydrogen-bond donors (Lipinski definition) is 1. The highest BCUT2D eigenvalue weighted by molar-refractivity contribution is 5.77. The molecule has 1 N–H and O–H groups in total. The van der Waals surface area contributed by atoms with E-state index in [4.69, 9.17) is 0 Å². The molecule has 142 valence electrons. The topological polar surface area (TPSA) is 50.2 Å². The molecule has 3 heterocycles. The van der Waals surface area contributed by atoms with Gasteiger partial charge >= 0.3 is 0 Å². The lowest BCUT2D eigenvalue weighted by Crippen LogP contribution is -2.58. The van der Waals surface area contributed by atoms with Crippen molar-refractivity contribution in [2.45, 2.75) is 69.7 Å². The molecule has 1 aromatic carbocycles. The number of amides is 1. The quantitative estimate of drug-likeness (QED) is 0.907. The number of benzene rings is 1. The van der Waals surface area contributed by atoms with Crippen LogP contribution in [0.5, 0.6) is 0 Å². The fourth-order valence-electron chi connectivity index (χ4n) is 5.94. The Morgan fingerprint density at radius 3 is 2.89 bits per heavy atom. The lowest BCUT2D eigenvalue weighted by Gasteiger charge is -2.46. The minimum absolute atomic E-state index is 0.204. The molecule has 5 heteroatoms. The Bertz CT molecular complexity index is 805. The van der Waals surface area contributed by atoms with Crippen LogP contribution in [0.25, 0.3) is 0 Å². The van der Waals surface area contributed by atoms with Crippen LogP contribution in [0, 0.1) is 5.41 Å². The predicted molar refractivity (Wildman–Crippen MR) is 104 cm³/mol. The summed E-state index contributed by atoms with van der Waals surface area (Å²) in [6, 6.07) is 14.0. The molecule has 2 aliphatic heterocycles. The van der Waals surface area contributed by atoms with Gasteiger partial charge in [-0.2, -0.15) is 5.10 Å². The highest BCUT2D eigenvalue weighted by Gasteiger charge is 2.60. The second-order valence-electron chi connectivity index (χ2n) is 8.74. The van der Waals surface area contributed by atoms with Gasteiger partial charge in [0.25, 0.3) is 0 Å². The van der Waals surface area contributed by atoms with E-state index in [0.717, 1.165) is 19.3 Å². The van der Waals surface area contributed by atoms with E-state index in [-0.39, 0.29) is 17.4 Å². The van der Waals surface area contributed by atoms with Crippen LogP contribution in [0.4, 0.5) is 0 Å². The first-order valence-corrected chi connectivity index (χ1v) is 10.2. The van der Waals surface area contributed by atoms with Gasteiger partial charge in [-0.1, -0.05) is 37.3 Å². The van der Waals surface area contributed by atoms with Gasteiger partial charge in [0.1, 0.15) is 6.54 Å². The minimum Gasteiger partial charge on any atom is -0.333 e. The number of nitrogens with one attached hydrogen (secondary N) is 1. The molecule has 1 aromatic heterocycles. The van der Waals surface area contributed by atoms with E-state index in [1.165, 1.54) is 18.4 Å². The Morgan fingerprint density at radius 2 is 2.11 bits per heavy atom. The third-order valence-corrected chi connectivity index (χ3v) is 7.19. The highest BCUT2D eigenvalue weighted by atomic mass is 16.2. The Hall–Kier alpha value is -2.14. The fourth-order valence-corrected chi connectivity index (χ4v) is 5.94. The summed E-state index contributed by atoms with van der Waals surface area (Å²) in [6.07, 6.45) is 9.29. The van der Waals surface area contributed by atoms with E-state index in [0.29, 0.717) is 24.7 Å². The summed E-state index contributed by atoms with van der Waals surface area (Å²) in [5.41, 5.74) is 1.55. The molecule has 1 aliphatic carbocycles. The molecule has 5 rings (SSSR count). The minimum atomic E-state index is 0.204. The van der Waals surface area contributed by atoms with Gasteiger partial charge in [0.2, 0.25) is 5.91 Å². The van der Waals surface area contributed by atoms with Gasteiger partial charge in [0.15, 0.2) is 0 Å². The zero-order chi connectivity index (χ0) is 18.4. The number of likely N-dealkylation sites (tertiary alicyclic amines) is 1. The van der Waals surface area contributed by atoms with Crippen LogP contribution in [0.15, 0.2) is 48.8 Å². The van der Waals surface area contributed by atoms with Gasteiger partial charge in [0.05, 0.1) is 0 Å². The fraction of sp³-hybridized carbons (Fsp3) is 0.545. The molecule has 0 radical (unpaired) electrons. The van der Waals surface area contributed by atoms with Crippen molar-refractivity contribution in [2.75, 3.05) is 0 Å². The van der Waals surface area contributed by atoms with Crippen molar-refractivity contribution < 1.29 is 4.79 Å². The maximum Gasteiger partial charge on any atom is 0.244 e. The van der Waals surface area contributed by atoms with Crippen molar-refractivity contribution in [3.8, 4) is 0 Å². The Morgan fingerprint density at radius 1 is 1.26 bits per heavy atom. The van der Waals surface area contributed by atoms with Crippen LogP contribution in [0.1, 0.15) is 38.2 Å². The van der Waals surface area contributed by atoms with Crippen molar-refractivity contribution in [3.63, 3.8) is 0 Å². The normalized spacial score (nSPS) is 34.6. The van der Waals surface area contributed by atoms with Crippen molar-refractivity contribution in [1.82, 2.24) is 20.0 Å². The van der Waals surface area contributed by atoms with Gasteiger partial charge in [0, 0.05) is 42.0 Å². The van der Waals surface area contributed by atoms with Crippen LogP contribution in [0.2, 0.25) is 0 Å². The lowest BCUT2D eigenvalue weighted by atomic mass is 9.65. The lowest BCUT2D eigenvalue weighted by molar-refractivity contribution is -0.136. The highest BCUT2D eigenvalue weighted by Crippen LogP contribution is 2.53. The molecule has 1 amide bonds. The second kappa shape index (κ2) is 6.48. The smallest absolute Gasteiger partial charge is 0.244 e. The Balaban J connectivity index is 1.45. The van der Waals surface area contributed by atoms with Crippen LogP contribution >= 0.6 is 0 Å². The largest absolute Gasteiger partial charge is 0.333 e. The van der Waals surface area contributed by atoms with Gasteiger partial charge in [-0.3, -0.25) is 9.48 Å². The first-order valence-electron chi connectivity index (χ1n) is 10.2. The molecular formula is C22H28N4O. The number of piperidine rings is 1. The first kappa shape index (κ1) is 17.0. The van der Waals surface area contributed by atoms with Crippen molar-refractivity contribution in [3.05, 3.63) is 54.4 Å². The molecule has 1 saturated carbocycles. The summed E-state index contributed by atoms with van der Waals surface area (Å²) in [5, 5.41) is 8.21. The van der Waals surface area contributed by atoms with Crippen LogP contribution in [-0.2, 0) is 17.8 Å². The summed E-state index contributed by atoms with van der Waals surface area (Å²) in [4.78, 5) is 15.6. The van der Waals surface area contributed by atoms with Crippen molar-refractivity contribution in [1.29, 1.82) is 0 Å². The maximum atomic E-state index is 13.3. The van der Waals surface area contributed by atoms with E-state index in [1.807, 2.05) is 12.3 Å². The summed E-state index contributed by atoms with van der Waals surface area (Å²) in [7, 11) is 0. The molecule has 0 unspecified atom stereocenters. The Kier molecular flexibility index (Phi) is 4.08. The molecule has 3 aliphatic rings. The molecule has 0 spiro atoms. The van der Waals surface area contributed by atoms with Gasteiger partial charge < -0.3 is 10.2 Å².